The van der Waals surface area contributed by atoms with Crippen LogP contribution in [0.2, 0.25) is 0 Å². The van der Waals surface area contributed by atoms with Crippen LogP contribution >= 0.6 is 0 Å². The van der Waals surface area contributed by atoms with Gasteiger partial charge in [-0.15, -0.1) is 0 Å². The van der Waals surface area contributed by atoms with Gasteiger partial charge in [0.1, 0.15) is 0 Å². The first-order valence-corrected chi connectivity index (χ1v) is 4.77. The number of allylic oxidation sites excluding steroid dienone is 3. The fraction of sp³-hybridized carbons (Fsp3) is 0.0769. The van der Waals surface area contributed by atoms with Gasteiger partial charge in [0.2, 0.25) is 0 Å². The maximum Gasteiger partial charge on any atom is 0.328 e. The van der Waals surface area contributed by atoms with Gasteiger partial charge in [-0.1, -0.05) is 30.4 Å². The molecule has 1 rings (SSSR count). The zero-order valence-corrected chi connectivity index (χ0v) is 8.63. The molecular weight excluding hydrogens is 202 g/mol. The van der Waals surface area contributed by atoms with E-state index in [1.165, 1.54) is 6.08 Å². The minimum absolute atomic E-state index is 0.638. The van der Waals surface area contributed by atoms with Crippen LogP contribution in [0.3, 0.4) is 0 Å². The fourth-order valence-corrected chi connectivity index (χ4v) is 1.14. The van der Waals surface area contributed by atoms with Crippen molar-refractivity contribution >= 4 is 5.97 Å². The highest BCUT2D eigenvalue weighted by atomic mass is 16.4. The number of carboxylic acid groups (broad SMARTS) is 1. The molecule has 1 aromatic carbocycles. The van der Waals surface area contributed by atoms with Gasteiger partial charge in [0.15, 0.2) is 0 Å². The van der Waals surface area contributed by atoms with E-state index in [0.29, 0.717) is 5.56 Å². The first-order chi connectivity index (χ1) is 7.72. The van der Waals surface area contributed by atoms with E-state index in [-0.39, 0.29) is 0 Å². The van der Waals surface area contributed by atoms with Crippen molar-refractivity contribution in [2.75, 3.05) is 0 Å². The maximum atomic E-state index is 10.2. The van der Waals surface area contributed by atoms with Crippen molar-refractivity contribution in [1.82, 2.24) is 0 Å². The van der Waals surface area contributed by atoms with Crippen LogP contribution in [0.15, 0.2) is 48.6 Å². The second-order valence-corrected chi connectivity index (χ2v) is 3.14. The van der Waals surface area contributed by atoms with Crippen molar-refractivity contribution in [2.45, 2.75) is 6.42 Å². The van der Waals surface area contributed by atoms with Crippen LogP contribution in [-0.2, 0) is 11.2 Å². The molecule has 0 saturated carbocycles. The van der Waals surface area contributed by atoms with Crippen molar-refractivity contribution in [2.24, 2.45) is 0 Å². The van der Waals surface area contributed by atoms with E-state index in [0.717, 1.165) is 18.1 Å². The minimum Gasteiger partial charge on any atom is -0.478 e. The van der Waals surface area contributed by atoms with Crippen LogP contribution < -0.4 is 0 Å². The summed E-state index contributed by atoms with van der Waals surface area (Å²) in [6.07, 6.45) is 6.82. The molecule has 0 atom stereocenters. The zero-order chi connectivity index (χ0) is 11.8. The Hall–Kier alpha value is -2.34. The lowest BCUT2D eigenvalue weighted by molar-refractivity contribution is -0.131. The van der Waals surface area contributed by atoms with Crippen molar-refractivity contribution in [3.63, 3.8) is 0 Å². The van der Waals surface area contributed by atoms with E-state index in [1.807, 2.05) is 24.3 Å². The summed E-state index contributed by atoms with van der Waals surface area (Å²) in [5.41, 5.74) is 1.72. The van der Waals surface area contributed by atoms with Crippen molar-refractivity contribution in [3.05, 3.63) is 59.7 Å². The average Bonchev–Trinajstić information content (AvgIpc) is 2.29. The highest BCUT2D eigenvalue weighted by Crippen LogP contribution is 2.04. The Kier molecular flexibility index (Phi) is 4.55. The SMILES string of the molecule is N#Cc1ccc(CC=CC=CC(=O)O)cc1. The molecule has 0 fully saturated rings. The molecule has 0 radical (unpaired) electrons. The largest absolute Gasteiger partial charge is 0.478 e. The molecular formula is C13H11NO2. The van der Waals surface area contributed by atoms with E-state index < -0.39 is 5.97 Å². The van der Waals surface area contributed by atoms with Crippen molar-refractivity contribution < 1.29 is 9.90 Å². The monoisotopic (exact) mass is 213 g/mol. The summed E-state index contributed by atoms with van der Waals surface area (Å²) in [5.74, 6) is -0.956. The summed E-state index contributed by atoms with van der Waals surface area (Å²) in [5, 5.41) is 16.9. The quantitative estimate of drug-likeness (QED) is 0.616. The van der Waals surface area contributed by atoms with Gasteiger partial charge < -0.3 is 5.11 Å². The molecule has 0 amide bonds. The molecule has 0 spiro atoms. The number of aliphatic carboxylic acids is 1. The molecule has 0 unspecified atom stereocenters. The molecule has 1 N–H and O–H groups in total. The Labute approximate surface area is 94.0 Å². The number of hydrogen-bond acceptors (Lipinski definition) is 2. The Morgan fingerprint density at radius 2 is 2.00 bits per heavy atom. The van der Waals surface area contributed by atoms with E-state index in [2.05, 4.69) is 0 Å². The topological polar surface area (TPSA) is 61.1 Å². The number of carboxylic acids is 1. The number of rotatable bonds is 4. The van der Waals surface area contributed by atoms with E-state index in [4.69, 9.17) is 10.4 Å². The molecule has 0 aromatic heterocycles. The summed E-state index contributed by atoms with van der Waals surface area (Å²) in [4.78, 5) is 10.2. The third-order valence-electron chi connectivity index (χ3n) is 1.92. The third kappa shape index (κ3) is 4.25. The lowest BCUT2D eigenvalue weighted by Crippen LogP contribution is -1.84. The van der Waals surface area contributed by atoms with Crippen molar-refractivity contribution in [1.29, 1.82) is 5.26 Å². The molecule has 80 valence electrons. The first-order valence-electron chi connectivity index (χ1n) is 4.77. The predicted octanol–water partition coefficient (Wildman–Crippen LogP) is 2.30. The minimum atomic E-state index is -0.956. The number of hydrogen-bond donors (Lipinski definition) is 1. The lowest BCUT2D eigenvalue weighted by atomic mass is 10.1. The predicted molar refractivity (Wildman–Crippen MR) is 60.8 cm³/mol. The highest BCUT2D eigenvalue weighted by molar-refractivity contribution is 5.80. The normalized spacial score (nSPS) is 10.7. The van der Waals surface area contributed by atoms with Crippen LogP contribution in [0.5, 0.6) is 0 Å². The van der Waals surface area contributed by atoms with E-state index in [1.54, 1.807) is 18.2 Å². The van der Waals surface area contributed by atoms with Gasteiger partial charge in [-0.3, -0.25) is 0 Å². The van der Waals surface area contributed by atoms with Gasteiger partial charge in [0, 0.05) is 6.08 Å². The van der Waals surface area contributed by atoms with Gasteiger partial charge in [-0.25, -0.2) is 4.79 Å². The number of nitriles is 1. The second-order valence-electron chi connectivity index (χ2n) is 3.14. The molecule has 0 aliphatic carbocycles. The zero-order valence-electron chi connectivity index (χ0n) is 8.63. The van der Waals surface area contributed by atoms with Gasteiger partial charge in [-0.2, -0.15) is 5.26 Å². The summed E-state index contributed by atoms with van der Waals surface area (Å²) < 4.78 is 0. The number of benzene rings is 1. The molecule has 0 bridgehead atoms. The number of carbonyl (C=O) groups is 1. The fourth-order valence-electron chi connectivity index (χ4n) is 1.14. The Balaban J connectivity index is 2.49. The van der Waals surface area contributed by atoms with E-state index in [9.17, 15) is 4.79 Å². The van der Waals surface area contributed by atoms with Gasteiger partial charge in [-0.05, 0) is 24.1 Å². The van der Waals surface area contributed by atoms with E-state index >= 15 is 0 Å². The standard InChI is InChI=1S/C13H11NO2/c14-10-12-8-6-11(7-9-12)4-2-1-3-5-13(15)16/h1-3,5-9H,4H2,(H,15,16). The molecule has 3 nitrogen and oxygen atoms in total. The Morgan fingerprint density at radius 3 is 2.56 bits per heavy atom. The van der Waals surface area contributed by atoms with Gasteiger partial charge in [0.05, 0.1) is 11.6 Å². The smallest absolute Gasteiger partial charge is 0.328 e. The van der Waals surface area contributed by atoms with Crippen LogP contribution in [0.25, 0.3) is 0 Å². The molecule has 1 aromatic rings. The van der Waals surface area contributed by atoms with Crippen LogP contribution in [0.1, 0.15) is 11.1 Å². The molecule has 0 saturated heterocycles. The summed E-state index contributed by atoms with van der Waals surface area (Å²) in [6, 6.07) is 9.33. The maximum absolute atomic E-state index is 10.2. The third-order valence-corrected chi connectivity index (χ3v) is 1.92. The summed E-state index contributed by atoms with van der Waals surface area (Å²) >= 11 is 0. The van der Waals surface area contributed by atoms with Crippen molar-refractivity contribution in [3.8, 4) is 6.07 Å². The Morgan fingerprint density at radius 1 is 1.31 bits per heavy atom. The molecule has 0 aliphatic rings. The molecule has 16 heavy (non-hydrogen) atoms. The number of nitrogens with zero attached hydrogens (tertiary/aromatic N) is 1. The second kappa shape index (κ2) is 6.20. The van der Waals surface area contributed by atoms with Crippen LogP contribution in [-0.4, -0.2) is 11.1 Å². The molecule has 3 heteroatoms. The van der Waals surface area contributed by atoms with Crippen LogP contribution in [0, 0.1) is 11.3 Å². The average molecular weight is 213 g/mol. The molecule has 0 aliphatic heterocycles. The molecule has 0 heterocycles. The summed E-state index contributed by atoms with van der Waals surface area (Å²) in [7, 11) is 0. The Bertz CT molecular complexity index is 450. The van der Waals surface area contributed by atoms with Gasteiger partial charge in [0.25, 0.3) is 0 Å². The summed E-state index contributed by atoms with van der Waals surface area (Å²) in [6.45, 7) is 0. The van der Waals surface area contributed by atoms with Crippen LogP contribution in [0.4, 0.5) is 0 Å². The lowest BCUT2D eigenvalue weighted by Gasteiger charge is -1.94. The first kappa shape index (κ1) is 11.7. The van der Waals surface area contributed by atoms with Gasteiger partial charge >= 0.3 is 5.97 Å². The highest BCUT2D eigenvalue weighted by Gasteiger charge is 1.90.